The molecule has 1 amide bonds. The zero-order valence-corrected chi connectivity index (χ0v) is 17.3. The minimum atomic E-state index is -0.619. The summed E-state index contributed by atoms with van der Waals surface area (Å²) in [7, 11) is 0. The zero-order chi connectivity index (χ0) is 20.7. The normalized spacial score (nSPS) is 12.8. The molecule has 1 N–H and O–H groups in total. The Balaban J connectivity index is 1.50. The smallest absolute Gasteiger partial charge is 0.349 e. The minimum Gasteiger partial charge on any atom is -0.451 e. The quantitative estimate of drug-likeness (QED) is 0.666. The fourth-order valence-corrected chi connectivity index (χ4v) is 4.61. The molecule has 0 spiro atoms. The lowest BCUT2D eigenvalue weighted by Crippen LogP contribution is -2.22. The molecular weight excluding hydrogens is 390 g/mol. The van der Waals surface area contributed by atoms with Crippen molar-refractivity contribution in [3.8, 4) is 0 Å². The highest BCUT2D eigenvalue weighted by molar-refractivity contribution is 7.20. The number of rotatable bonds is 4. The Hall–Kier alpha value is -3.00. The van der Waals surface area contributed by atoms with E-state index >= 15 is 0 Å². The van der Waals surface area contributed by atoms with Crippen LogP contribution in [0.1, 0.15) is 38.6 Å². The van der Waals surface area contributed by atoms with Gasteiger partial charge in [-0.1, -0.05) is 12.1 Å². The summed E-state index contributed by atoms with van der Waals surface area (Å²) in [5.41, 5.74) is 3.09. The van der Waals surface area contributed by atoms with Crippen LogP contribution in [-0.4, -0.2) is 28.0 Å². The van der Waals surface area contributed by atoms with E-state index in [-0.39, 0.29) is 5.56 Å². The van der Waals surface area contributed by atoms with Gasteiger partial charge in [-0.15, -0.1) is 11.3 Å². The number of carbonyl (C=O) groups is 2. The average Bonchev–Trinajstić information content (AvgIpc) is 3.28. The van der Waals surface area contributed by atoms with Crippen molar-refractivity contribution in [2.75, 3.05) is 11.9 Å². The summed E-state index contributed by atoms with van der Waals surface area (Å²) in [6, 6.07) is 5.74. The molecule has 29 heavy (non-hydrogen) atoms. The third kappa shape index (κ3) is 3.55. The maximum absolute atomic E-state index is 12.7. The van der Waals surface area contributed by atoms with Crippen LogP contribution in [-0.2, 0) is 22.5 Å². The van der Waals surface area contributed by atoms with Gasteiger partial charge in [0.15, 0.2) is 6.61 Å². The standard InChI is InChI=1S/C21H21N3O4S/c1-11-6-7-12(2)14(9-11)22-16(25)10-28-21(27)18-13(3)17-19(29-18)23-15-5-4-8-24(15)20(17)26/h6-7,9H,4-5,8,10H2,1-3H3,(H,22,25). The maximum Gasteiger partial charge on any atom is 0.349 e. The van der Waals surface area contributed by atoms with Crippen molar-refractivity contribution in [1.82, 2.24) is 9.55 Å². The summed E-state index contributed by atoms with van der Waals surface area (Å²) in [5, 5.41) is 3.23. The average molecular weight is 411 g/mol. The molecule has 8 heteroatoms. The number of esters is 1. The molecule has 0 saturated carbocycles. The predicted molar refractivity (Wildman–Crippen MR) is 112 cm³/mol. The Bertz CT molecular complexity index is 1210. The highest BCUT2D eigenvalue weighted by atomic mass is 32.1. The van der Waals surface area contributed by atoms with E-state index in [1.54, 1.807) is 11.5 Å². The Labute approximate surface area is 171 Å². The van der Waals surface area contributed by atoms with Gasteiger partial charge in [-0.05, 0) is 49.9 Å². The third-order valence-electron chi connectivity index (χ3n) is 5.10. The molecule has 4 rings (SSSR count). The summed E-state index contributed by atoms with van der Waals surface area (Å²) in [4.78, 5) is 42.9. The van der Waals surface area contributed by atoms with Gasteiger partial charge < -0.3 is 10.1 Å². The number of anilines is 1. The van der Waals surface area contributed by atoms with Crippen molar-refractivity contribution in [1.29, 1.82) is 0 Å². The molecule has 1 aromatic carbocycles. The topological polar surface area (TPSA) is 90.3 Å². The number of hydrogen-bond donors (Lipinski definition) is 1. The third-order valence-corrected chi connectivity index (χ3v) is 6.26. The van der Waals surface area contributed by atoms with Gasteiger partial charge in [0, 0.05) is 18.7 Å². The number of fused-ring (bicyclic) bond motifs is 2. The van der Waals surface area contributed by atoms with Crippen LogP contribution in [0.3, 0.4) is 0 Å². The largest absolute Gasteiger partial charge is 0.451 e. The SMILES string of the molecule is Cc1ccc(C)c(NC(=O)COC(=O)c2sc3nc4n(c(=O)c3c2C)CCC4)c1. The van der Waals surface area contributed by atoms with E-state index in [0.29, 0.717) is 32.9 Å². The number of aromatic nitrogens is 2. The lowest BCUT2D eigenvalue weighted by molar-refractivity contribution is -0.119. The number of nitrogens with zero attached hydrogens (tertiary/aromatic N) is 2. The Morgan fingerprint density at radius 2 is 2.07 bits per heavy atom. The molecule has 7 nitrogen and oxygen atoms in total. The highest BCUT2D eigenvalue weighted by Crippen LogP contribution is 2.29. The molecule has 3 aromatic rings. The van der Waals surface area contributed by atoms with Crippen molar-refractivity contribution in [2.45, 2.75) is 40.2 Å². The molecular formula is C21H21N3O4S. The molecule has 1 aliphatic rings. The van der Waals surface area contributed by atoms with Crippen LogP contribution in [0.4, 0.5) is 5.69 Å². The van der Waals surface area contributed by atoms with Crippen molar-refractivity contribution >= 4 is 39.1 Å². The molecule has 0 bridgehead atoms. The second kappa shape index (κ2) is 7.44. The number of ether oxygens (including phenoxy) is 1. The van der Waals surface area contributed by atoms with Crippen molar-refractivity contribution in [3.05, 3.63) is 55.9 Å². The van der Waals surface area contributed by atoms with Crippen LogP contribution in [0.5, 0.6) is 0 Å². The fourth-order valence-electron chi connectivity index (χ4n) is 3.52. The highest BCUT2D eigenvalue weighted by Gasteiger charge is 2.24. The fraction of sp³-hybridized carbons (Fsp3) is 0.333. The summed E-state index contributed by atoms with van der Waals surface area (Å²) >= 11 is 1.14. The number of carbonyl (C=O) groups excluding carboxylic acids is 2. The van der Waals surface area contributed by atoms with E-state index in [2.05, 4.69) is 10.3 Å². The van der Waals surface area contributed by atoms with Crippen LogP contribution >= 0.6 is 11.3 Å². The van der Waals surface area contributed by atoms with E-state index < -0.39 is 18.5 Å². The Morgan fingerprint density at radius 1 is 1.28 bits per heavy atom. The van der Waals surface area contributed by atoms with Crippen molar-refractivity contribution in [3.63, 3.8) is 0 Å². The number of nitrogens with one attached hydrogen (secondary N) is 1. The molecule has 3 heterocycles. The number of amides is 1. The molecule has 0 saturated heterocycles. The van der Waals surface area contributed by atoms with Gasteiger partial charge in [-0.3, -0.25) is 14.2 Å². The second-order valence-corrected chi connectivity index (χ2v) is 8.27. The van der Waals surface area contributed by atoms with Crippen LogP contribution in [0.2, 0.25) is 0 Å². The lowest BCUT2D eigenvalue weighted by atomic mass is 10.1. The number of benzene rings is 1. The van der Waals surface area contributed by atoms with E-state index in [4.69, 9.17) is 4.74 Å². The molecule has 0 radical (unpaired) electrons. The van der Waals surface area contributed by atoms with Crippen LogP contribution < -0.4 is 10.9 Å². The Kier molecular flexibility index (Phi) is 4.96. The molecule has 1 aliphatic heterocycles. The number of thiophene rings is 1. The van der Waals surface area contributed by atoms with E-state index in [1.807, 2.05) is 32.0 Å². The molecule has 0 atom stereocenters. The lowest BCUT2D eigenvalue weighted by Gasteiger charge is -2.09. The second-order valence-electron chi connectivity index (χ2n) is 7.27. The van der Waals surface area contributed by atoms with Gasteiger partial charge in [0.1, 0.15) is 15.5 Å². The summed E-state index contributed by atoms with van der Waals surface area (Å²) in [6.07, 6.45) is 1.67. The number of hydrogen-bond acceptors (Lipinski definition) is 6. The molecule has 150 valence electrons. The summed E-state index contributed by atoms with van der Waals surface area (Å²) in [5.74, 6) is -0.272. The van der Waals surface area contributed by atoms with Crippen molar-refractivity contribution < 1.29 is 14.3 Å². The van der Waals surface area contributed by atoms with E-state index in [1.165, 1.54) is 0 Å². The summed E-state index contributed by atoms with van der Waals surface area (Å²) < 4.78 is 6.88. The Morgan fingerprint density at radius 3 is 2.86 bits per heavy atom. The van der Waals surface area contributed by atoms with Gasteiger partial charge in [0.2, 0.25) is 0 Å². The first-order chi connectivity index (χ1) is 13.8. The monoisotopic (exact) mass is 411 g/mol. The predicted octanol–water partition coefficient (Wildman–Crippen LogP) is 3.12. The summed E-state index contributed by atoms with van der Waals surface area (Å²) in [6.45, 7) is 5.81. The van der Waals surface area contributed by atoms with Crippen LogP contribution in [0.25, 0.3) is 10.2 Å². The minimum absolute atomic E-state index is 0.108. The van der Waals surface area contributed by atoms with Crippen LogP contribution in [0.15, 0.2) is 23.0 Å². The first-order valence-electron chi connectivity index (χ1n) is 9.42. The van der Waals surface area contributed by atoms with E-state index in [0.717, 1.165) is 41.1 Å². The zero-order valence-electron chi connectivity index (χ0n) is 16.5. The molecule has 0 fully saturated rings. The first kappa shape index (κ1) is 19.3. The van der Waals surface area contributed by atoms with Crippen molar-refractivity contribution in [2.24, 2.45) is 0 Å². The van der Waals surface area contributed by atoms with Gasteiger partial charge in [-0.25, -0.2) is 9.78 Å². The molecule has 0 unspecified atom stereocenters. The van der Waals surface area contributed by atoms with Crippen LogP contribution in [0, 0.1) is 20.8 Å². The number of aryl methyl sites for hydroxylation is 4. The van der Waals surface area contributed by atoms with Gasteiger partial charge in [0.25, 0.3) is 11.5 Å². The molecule has 0 aliphatic carbocycles. The van der Waals surface area contributed by atoms with E-state index in [9.17, 15) is 14.4 Å². The van der Waals surface area contributed by atoms with Gasteiger partial charge >= 0.3 is 5.97 Å². The van der Waals surface area contributed by atoms with Gasteiger partial charge in [-0.2, -0.15) is 0 Å². The van der Waals surface area contributed by atoms with Gasteiger partial charge in [0.05, 0.1) is 5.39 Å². The first-order valence-corrected chi connectivity index (χ1v) is 10.2. The maximum atomic E-state index is 12.7. The molecule has 2 aromatic heterocycles.